The van der Waals surface area contributed by atoms with Crippen molar-refractivity contribution in [2.75, 3.05) is 26.6 Å². The van der Waals surface area contributed by atoms with Gasteiger partial charge in [-0.15, -0.1) is 0 Å². The van der Waals surface area contributed by atoms with Gasteiger partial charge in [-0.3, -0.25) is 4.79 Å². The molecule has 8 heteroatoms. The fraction of sp³-hybridized carbons (Fsp3) is 0.214. The lowest BCUT2D eigenvalue weighted by Crippen LogP contribution is -2.35. The molecule has 0 bridgehead atoms. The molecule has 1 heterocycles. The van der Waals surface area contributed by atoms with E-state index in [0.29, 0.717) is 40.6 Å². The number of carbonyl (C=O) groups is 1. The van der Waals surface area contributed by atoms with Crippen LogP contribution in [0, 0.1) is 6.92 Å². The van der Waals surface area contributed by atoms with E-state index in [1.165, 1.54) is 0 Å². The van der Waals surface area contributed by atoms with Crippen LogP contribution < -0.4 is 25.1 Å². The van der Waals surface area contributed by atoms with Crippen molar-refractivity contribution in [3.05, 3.63) is 93.8 Å². The molecule has 186 valence electrons. The number of aromatic amines is 1. The maximum Gasteiger partial charge on any atom is 0.322 e. The molecule has 0 spiro atoms. The van der Waals surface area contributed by atoms with Crippen LogP contribution in [0.2, 0.25) is 0 Å². The molecule has 0 radical (unpaired) electrons. The van der Waals surface area contributed by atoms with Gasteiger partial charge in [-0.1, -0.05) is 29.8 Å². The number of hydrogen-bond acceptors (Lipinski definition) is 5. The molecule has 8 nitrogen and oxygen atoms in total. The maximum atomic E-state index is 13.3. The standard InChI is InChI=1S/C28H29N3O5/c1-18-5-7-19(8-6-18)16-31(28(33)29-22-9-11-23(34-2)12-10-22)17-21-13-20-14-25(35-3)26(36-4)15-24(20)30-27(21)32/h5-15H,16-17H2,1-4H3,(H,29,33)(H,30,32). The Bertz CT molecular complexity index is 1410. The number of H-pyrrole nitrogens is 1. The molecule has 4 rings (SSSR count). The first-order chi connectivity index (χ1) is 17.4. The number of anilines is 1. The third kappa shape index (κ3) is 5.60. The number of urea groups is 1. The number of nitrogens with one attached hydrogen (secondary N) is 2. The molecule has 1 aromatic heterocycles. The molecule has 0 atom stereocenters. The normalized spacial score (nSPS) is 10.7. The van der Waals surface area contributed by atoms with E-state index < -0.39 is 0 Å². The number of fused-ring (bicyclic) bond motifs is 1. The number of pyridine rings is 1. The molecule has 0 saturated heterocycles. The van der Waals surface area contributed by atoms with Gasteiger partial charge in [-0.2, -0.15) is 0 Å². The van der Waals surface area contributed by atoms with Crippen molar-refractivity contribution in [3.8, 4) is 17.2 Å². The van der Waals surface area contributed by atoms with Crippen molar-refractivity contribution in [1.29, 1.82) is 0 Å². The van der Waals surface area contributed by atoms with Gasteiger partial charge in [0.05, 0.1) is 33.4 Å². The van der Waals surface area contributed by atoms with Gasteiger partial charge in [0.15, 0.2) is 11.5 Å². The second-order valence-electron chi connectivity index (χ2n) is 8.42. The number of rotatable bonds is 8. The number of amides is 2. The lowest BCUT2D eigenvalue weighted by Gasteiger charge is -2.23. The number of methoxy groups -OCH3 is 3. The average molecular weight is 488 g/mol. The molecule has 0 aliphatic carbocycles. The number of aromatic nitrogens is 1. The van der Waals surface area contributed by atoms with Crippen LogP contribution in [-0.4, -0.2) is 37.2 Å². The van der Waals surface area contributed by atoms with Crippen LogP contribution in [0.3, 0.4) is 0 Å². The van der Waals surface area contributed by atoms with E-state index in [-0.39, 0.29) is 18.1 Å². The Morgan fingerprint density at radius 1 is 0.861 bits per heavy atom. The van der Waals surface area contributed by atoms with Crippen LogP contribution in [0.1, 0.15) is 16.7 Å². The monoisotopic (exact) mass is 487 g/mol. The molecule has 0 aliphatic rings. The summed E-state index contributed by atoms with van der Waals surface area (Å²) < 4.78 is 15.9. The topological polar surface area (TPSA) is 92.9 Å². The van der Waals surface area contributed by atoms with Gasteiger partial charge < -0.3 is 29.4 Å². The number of nitrogens with zero attached hydrogens (tertiary/aromatic N) is 1. The number of carbonyl (C=O) groups excluding carboxylic acids is 1. The first-order valence-corrected chi connectivity index (χ1v) is 11.4. The minimum atomic E-state index is -0.326. The molecule has 0 fully saturated rings. The zero-order chi connectivity index (χ0) is 25.7. The highest BCUT2D eigenvalue weighted by Crippen LogP contribution is 2.31. The second kappa shape index (κ2) is 10.9. The highest BCUT2D eigenvalue weighted by Gasteiger charge is 2.18. The number of hydrogen-bond donors (Lipinski definition) is 2. The highest BCUT2D eigenvalue weighted by molar-refractivity contribution is 5.89. The molecular formula is C28H29N3O5. The lowest BCUT2D eigenvalue weighted by molar-refractivity contribution is 0.206. The van der Waals surface area contributed by atoms with Crippen LogP contribution in [0.4, 0.5) is 10.5 Å². The van der Waals surface area contributed by atoms with E-state index in [9.17, 15) is 9.59 Å². The van der Waals surface area contributed by atoms with Crippen LogP contribution in [0.15, 0.2) is 71.5 Å². The molecule has 36 heavy (non-hydrogen) atoms. The van der Waals surface area contributed by atoms with Crippen molar-refractivity contribution in [1.82, 2.24) is 9.88 Å². The molecule has 0 saturated carbocycles. The van der Waals surface area contributed by atoms with E-state index in [1.54, 1.807) is 68.7 Å². The first-order valence-electron chi connectivity index (χ1n) is 11.4. The van der Waals surface area contributed by atoms with E-state index in [4.69, 9.17) is 14.2 Å². The second-order valence-corrected chi connectivity index (χ2v) is 8.42. The number of benzene rings is 3. The highest BCUT2D eigenvalue weighted by atomic mass is 16.5. The summed E-state index contributed by atoms with van der Waals surface area (Å²) in [7, 11) is 4.69. The summed E-state index contributed by atoms with van der Waals surface area (Å²) in [5.74, 6) is 1.77. The van der Waals surface area contributed by atoms with Crippen LogP contribution >= 0.6 is 0 Å². The first kappa shape index (κ1) is 24.7. The fourth-order valence-electron chi connectivity index (χ4n) is 3.89. The van der Waals surface area contributed by atoms with E-state index in [1.807, 2.05) is 31.2 Å². The molecule has 3 aromatic carbocycles. The van der Waals surface area contributed by atoms with Gasteiger partial charge in [0, 0.05) is 29.2 Å². The Hall–Kier alpha value is -4.46. The third-order valence-corrected chi connectivity index (χ3v) is 5.91. The third-order valence-electron chi connectivity index (χ3n) is 5.91. The van der Waals surface area contributed by atoms with E-state index in [0.717, 1.165) is 16.5 Å². The Balaban J connectivity index is 1.66. The van der Waals surface area contributed by atoms with Gasteiger partial charge in [0.2, 0.25) is 0 Å². The van der Waals surface area contributed by atoms with Gasteiger partial charge >= 0.3 is 6.03 Å². The predicted octanol–water partition coefficient (Wildman–Crippen LogP) is 5.10. The summed E-state index contributed by atoms with van der Waals surface area (Å²) in [6.45, 7) is 2.44. The average Bonchev–Trinajstić information content (AvgIpc) is 2.89. The van der Waals surface area contributed by atoms with Crippen molar-refractivity contribution < 1.29 is 19.0 Å². The van der Waals surface area contributed by atoms with E-state index >= 15 is 0 Å². The quantitative estimate of drug-likeness (QED) is 0.361. The van der Waals surface area contributed by atoms with Gasteiger partial charge in [-0.25, -0.2) is 4.79 Å². The molecule has 4 aromatic rings. The lowest BCUT2D eigenvalue weighted by atomic mass is 10.1. The molecule has 2 amide bonds. The van der Waals surface area contributed by atoms with Gasteiger partial charge in [0.25, 0.3) is 5.56 Å². The molecule has 0 aliphatic heterocycles. The fourth-order valence-corrected chi connectivity index (χ4v) is 3.89. The van der Waals surface area contributed by atoms with Gasteiger partial charge in [-0.05, 0) is 48.9 Å². The summed E-state index contributed by atoms with van der Waals surface area (Å²) >= 11 is 0. The van der Waals surface area contributed by atoms with Crippen molar-refractivity contribution >= 4 is 22.6 Å². The summed E-state index contributed by atoms with van der Waals surface area (Å²) in [6.07, 6.45) is 0. The smallest absolute Gasteiger partial charge is 0.322 e. The Labute approximate surface area is 209 Å². The molecule has 2 N–H and O–H groups in total. The zero-order valence-corrected chi connectivity index (χ0v) is 20.8. The van der Waals surface area contributed by atoms with Crippen LogP contribution in [0.5, 0.6) is 17.2 Å². The van der Waals surface area contributed by atoms with Crippen molar-refractivity contribution in [2.24, 2.45) is 0 Å². The van der Waals surface area contributed by atoms with Crippen molar-refractivity contribution in [2.45, 2.75) is 20.0 Å². The predicted molar refractivity (Wildman–Crippen MR) is 140 cm³/mol. The Morgan fingerprint density at radius 2 is 1.53 bits per heavy atom. The SMILES string of the molecule is COc1ccc(NC(=O)N(Cc2ccc(C)cc2)Cc2cc3cc(OC)c(OC)cc3[nH]c2=O)cc1. The summed E-state index contributed by atoms with van der Waals surface area (Å²) in [5.41, 5.74) is 3.50. The summed E-state index contributed by atoms with van der Waals surface area (Å²) in [6, 6.07) is 20.0. The minimum Gasteiger partial charge on any atom is -0.497 e. The zero-order valence-electron chi connectivity index (χ0n) is 20.8. The summed E-state index contributed by atoms with van der Waals surface area (Å²) in [5, 5.41) is 3.69. The maximum absolute atomic E-state index is 13.3. The minimum absolute atomic E-state index is 0.107. The van der Waals surface area contributed by atoms with Gasteiger partial charge in [0.1, 0.15) is 5.75 Å². The van der Waals surface area contributed by atoms with Crippen LogP contribution in [-0.2, 0) is 13.1 Å². The molecular weight excluding hydrogens is 458 g/mol. The van der Waals surface area contributed by atoms with Crippen molar-refractivity contribution in [3.63, 3.8) is 0 Å². The number of aryl methyl sites for hydroxylation is 1. The number of ether oxygens (including phenoxy) is 3. The molecule has 0 unspecified atom stereocenters. The Kier molecular flexibility index (Phi) is 7.44. The van der Waals surface area contributed by atoms with E-state index in [2.05, 4.69) is 10.3 Å². The Morgan fingerprint density at radius 3 is 2.17 bits per heavy atom. The summed E-state index contributed by atoms with van der Waals surface area (Å²) in [4.78, 5) is 30.8. The van der Waals surface area contributed by atoms with Crippen LogP contribution in [0.25, 0.3) is 10.9 Å². The largest absolute Gasteiger partial charge is 0.497 e.